The van der Waals surface area contributed by atoms with Crippen molar-refractivity contribution in [3.63, 3.8) is 0 Å². The minimum Gasteiger partial charge on any atom is -0.488 e. The zero-order chi connectivity index (χ0) is 12.1. The van der Waals surface area contributed by atoms with Gasteiger partial charge in [0.25, 0.3) is 0 Å². The van der Waals surface area contributed by atoms with Crippen LogP contribution in [0.25, 0.3) is 6.08 Å². The topological polar surface area (TPSA) is 35.5 Å². The van der Waals surface area contributed by atoms with Crippen molar-refractivity contribution in [1.82, 2.24) is 0 Å². The summed E-state index contributed by atoms with van der Waals surface area (Å²) in [7, 11) is 0. The van der Waals surface area contributed by atoms with Crippen molar-refractivity contribution in [2.45, 2.75) is 6.92 Å². The third-order valence-electron chi connectivity index (χ3n) is 2.37. The first kappa shape index (κ1) is 11.5. The van der Waals surface area contributed by atoms with Crippen LogP contribution in [0.5, 0.6) is 5.75 Å². The molecule has 0 N–H and O–H groups in total. The second kappa shape index (κ2) is 5.34. The molecule has 0 atom stereocenters. The highest BCUT2D eigenvalue weighted by Gasteiger charge is 2.08. The quantitative estimate of drug-likeness (QED) is 0.591. The molecular formula is C14H14O3. The summed E-state index contributed by atoms with van der Waals surface area (Å²) >= 11 is 0. The SMILES string of the molecule is CCOC(=O)/C=C/C1=Cc2ccccc2OC1. The molecular weight excluding hydrogens is 216 g/mol. The third kappa shape index (κ3) is 2.97. The van der Waals surface area contributed by atoms with Crippen LogP contribution >= 0.6 is 0 Å². The highest BCUT2D eigenvalue weighted by molar-refractivity contribution is 5.83. The van der Waals surface area contributed by atoms with Gasteiger partial charge in [0.2, 0.25) is 0 Å². The molecule has 0 aromatic heterocycles. The predicted molar refractivity (Wildman–Crippen MR) is 65.7 cm³/mol. The van der Waals surface area contributed by atoms with Crippen LogP contribution in [0.1, 0.15) is 12.5 Å². The number of para-hydroxylation sites is 1. The van der Waals surface area contributed by atoms with Crippen LogP contribution in [-0.4, -0.2) is 19.2 Å². The van der Waals surface area contributed by atoms with Gasteiger partial charge in [-0.3, -0.25) is 0 Å². The maximum absolute atomic E-state index is 11.2. The Kier molecular flexibility index (Phi) is 3.60. The zero-order valence-corrected chi connectivity index (χ0v) is 9.68. The first-order valence-electron chi connectivity index (χ1n) is 5.57. The smallest absolute Gasteiger partial charge is 0.330 e. The van der Waals surface area contributed by atoms with E-state index in [9.17, 15) is 4.79 Å². The fraction of sp³-hybridized carbons (Fsp3) is 0.214. The molecule has 1 aliphatic rings. The minimum absolute atomic E-state index is 0.327. The normalized spacial score (nSPS) is 13.8. The number of carbonyl (C=O) groups excluding carboxylic acids is 1. The summed E-state index contributed by atoms with van der Waals surface area (Å²) in [5.74, 6) is 0.549. The number of carbonyl (C=O) groups is 1. The average Bonchev–Trinajstić information content (AvgIpc) is 2.36. The van der Waals surface area contributed by atoms with Crippen molar-refractivity contribution in [1.29, 1.82) is 0 Å². The standard InChI is InChI=1S/C14H14O3/c1-2-16-14(15)8-7-11-9-12-5-3-4-6-13(12)17-10-11/h3-9H,2,10H2,1H3/b8-7+. The van der Waals surface area contributed by atoms with Crippen LogP contribution < -0.4 is 4.74 Å². The second-order valence-corrected chi connectivity index (χ2v) is 3.63. The van der Waals surface area contributed by atoms with Gasteiger partial charge in [0.05, 0.1) is 6.61 Å². The molecule has 0 amide bonds. The van der Waals surface area contributed by atoms with Gasteiger partial charge in [-0.05, 0) is 30.7 Å². The molecule has 0 saturated heterocycles. The van der Waals surface area contributed by atoms with Gasteiger partial charge in [0, 0.05) is 11.6 Å². The summed E-state index contributed by atoms with van der Waals surface area (Å²) < 4.78 is 10.4. The molecule has 3 heteroatoms. The molecule has 2 rings (SSSR count). The van der Waals surface area contributed by atoms with Crippen molar-refractivity contribution in [2.24, 2.45) is 0 Å². The molecule has 0 saturated carbocycles. The molecule has 1 aliphatic heterocycles. The Morgan fingerprint density at radius 1 is 1.47 bits per heavy atom. The highest BCUT2D eigenvalue weighted by Crippen LogP contribution is 2.25. The summed E-state index contributed by atoms with van der Waals surface area (Å²) in [5.41, 5.74) is 1.99. The van der Waals surface area contributed by atoms with E-state index in [0.717, 1.165) is 16.9 Å². The number of rotatable bonds is 3. The molecule has 88 valence electrons. The van der Waals surface area contributed by atoms with Gasteiger partial charge >= 0.3 is 5.97 Å². The summed E-state index contributed by atoms with van der Waals surface area (Å²) in [6, 6.07) is 7.80. The van der Waals surface area contributed by atoms with Crippen LogP contribution in [0, 0.1) is 0 Å². The number of hydrogen-bond acceptors (Lipinski definition) is 3. The summed E-state index contributed by atoms with van der Waals surface area (Å²) in [4.78, 5) is 11.2. The van der Waals surface area contributed by atoms with Crippen molar-refractivity contribution in [3.05, 3.63) is 47.6 Å². The lowest BCUT2D eigenvalue weighted by molar-refractivity contribution is -0.137. The fourth-order valence-corrected chi connectivity index (χ4v) is 1.60. The Bertz CT molecular complexity index is 472. The van der Waals surface area contributed by atoms with Gasteiger partial charge in [-0.15, -0.1) is 0 Å². The first-order chi connectivity index (χ1) is 8.29. The van der Waals surface area contributed by atoms with E-state index in [1.54, 1.807) is 13.0 Å². The molecule has 0 spiro atoms. The Morgan fingerprint density at radius 2 is 2.29 bits per heavy atom. The predicted octanol–water partition coefficient (Wildman–Crippen LogP) is 2.58. The summed E-state index contributed by atoms with van der Waals surface area (Å²) in [6.07, 6.45) is 5.16. The first-order valence-corrected chi connectivity index (χ1v) is 5.57. The summed E-state index contributed by atoms with van der Waals surface area (Å²) in [6.45, 7) is 2.65. The van der Waals surface area contributed by atoms with E-state index in [1.165, 1.54) is 6.08 Å². The highest BCUT2D eigenvalue weighted by atomic mass is 16.5. The van der Waals surface area contributed by atoms with Crippen molar-refractivity contribution in [3.8, 4) is 5.75 Å². The van der Waals surface area contributed by atoms with E-state index in [1.807, 2.05) is 30.3 Å². The van der Waals surface area contributed by atoms with Crippen LogP contribution in [0.15, 0.2) is 42.0 Å². The van der Waals surface area contributed by atoms with Gasteiger partial charge in [0.1, 0.15) is 12.4 Å². The maximum atomic E-state index is 11.2. The van der Waals surface area contributed by atoms with Crippen molar-refractivity contribution >= 4 is 12.0 Å². The molecule has 1 heterocycles. The Labute approximate surface area is 100 Å². The Hall–Kier alpha value is -2.03. The third-order valence-corrected chi connectivity index (χ3v) is 2.37. The van der Waals surface area contributed by atoms with E-state index in [2.05, 4.69) is 0 Å². The van der Waals surface area contributed by atoms with Gasteiger partial charge < -0.3 is 9.47 Å². The summed E-state index contributed by atoms with van der Waals surface area (Å²) in [5, 5.41) is 0. The van der Waals surface area contributed by atoms with E-state index >= 15 is 0 Å². The van der Waals surface area contributed by atoms with E-state index in [0.29, 0.717) is 13.2 Å². The Morgan fingerprint density at radius 3 is 3.12 bits per heavy atom. The lowest BCUT2D eigenvalue weighted by Gasteiger charge is -2.15. The van der Waals surface area contributed by atoms with E-state index < -0.39 is 0 Å². The maximum Gasteiger partial charge on any atom is 0.330 e. The van der Waals surface area contributed by atoms with E-state index in [4.69, 9.17) is 9.47 Å². The second-order valence-electron chi connectivity index (χ2n) is 3.63. The molecule has 0 unspecified atom stereocenters. The van der Waals surface area contributed by atoms with Crippen molar-refractivity contribution < 1.29 is 14.3 Å². The lowest BCUT2D eigenvalue weighted by Crippen LogP contribution is -2.06. The molecule has 1 aromatic rings. The van der Waals surface area contributed by atoms with Crippen LogP contribution in [0.2, 0.25) is 0 Å². The molecule has 0 fully saturated rings. The average molecular weight is 230 g/mol. The zero-order valence-electron chi connectivity index (χ0n) is 9.68. The van der Waals surface area contributed by atoms with Gasteiger partial charge in [-0.2, -0.15) is 0 Å². The number of ether oxygens (including phenoxy) is 2. The molecule has 3 nitrogen and oxygen atoms in total. The molecule has 0 bridgehead atoms. The van der Waals surface area contributed by atoms with Crippen LogP contribution in [0.3, 0.4) is 0 Å². The lowest BCUT2D eigenvalue weighted by atomic mass is 10.1. The molecule has 17 heavy (non-hydrogen) atoms. The molecule has 0 aliphatic carbocycles. The van der Waals surface area contributed by atoms with Gasteiger partial charge in [-0.1, -0.05) is 18.2 Å². The number of fused-ring (bicyclic) bond motifs is 1. The molecule has 1 aromatic carbocycles. The van der Waals surface area contributed by atoms with Crippen LogP contribution in [0.4, 0.5) is 0 Å². The number of benzene rings is 1. The van der Waals surface area contributed by atoms with Crippen molar-refractivity contribution in [2.75, 3.05) is 13.2 Å². The minimum atomic E-state index is -0.327. The number of hydrogen-bond donors (Lipinski definition) is 0. The molecule has 0 radical (unpaired) electrons. The number of esters is 1. The van der Waals surface area contributed by atoms with Crippen LogP contribution in [-0.2, 0) is 9.53 Å². The fourth-order valence-electron chi connectivity index (χ4n) is 1.60. The Balaban J connectivity index is 2.10. The monoisotopic (exact) mass is 230 g/mol. The van der Waals surface area contributed by atoms with Gasteiger partial charge in [-0.25, -0.2) is 4.79 Å². The largest absolute Gasteiger partial charge is 0.488 e. The van der Waals surface area contributed by atoms with E-state index in [-0.39, 0.29) is 5.97 Å². The van der Waals surface area contributed by atoms with Gasteiger partial charge in [0.15, 0.2) is 0 Å².